The zero-order valence-corrected chi connectivity index (χ0v) is 12.0. The smallest absolute Gasteiger partial charge is 0.289 e. The van der Waals surface area contributed by atoms with Gasteiger partial charge in [0.15, 0.2) is 0 Å². The summed E-state index contributed by atoms with van der Waals surface area (Å²) in [6.07, 6.45) is 0. The number of hydrogen-bond donors (Lipinski definition) is 1. The van der Waals surface area contributed by atoms with Crippen LogP contribution in [0.3, 0.4) is 0 Å². The maximum Gasteiger partial charge on any atom is 0.289 e. The molecule has 2 aromatic rings. The Hall–Kier alpha value is -1.66. The average Bonchev–Trinajstić information content (AvgIpc) is 2.37. The predicted octanol–water partition coefficient (Wildman–Crippen LogP) is 4.02. The molecule has 1 aromatic carbocycles. The highest BCUT2D eigenvalue weighted by Gasteiger charge is 2.12. The number of pyridine rings is 1. The van der Waals surface area contributed by atoms with Crippen molar-refractivity contribution in [3.8, 4) is 0 Å². The molecule has 0 saturated carbocycles. The lowest BCUT2D eigenvalue weighted by Gasteiger charge is -2.06. The van der Waals surface area contributed by atoms with E-state index < -0.39 is 4.92 Å². The van der Waals surface area contributed by atoms with Crippen molar-refractivity contribution >= 4 is 38.9 Å². The van der Waals surface area contributed by atoms with E-state index in [9.17, 15) is 10.1 Å². The standard InChI is InChI=1S/C12H9BrClN3O2/c13-12-3-1-2-9(16-12)7-15-8-4-5-10(14)11(6-8)17(18)19/h1-6,15H,7H2. The van der Waals surface area contributed by atoms with Crippen molar-refractivity contribution in [3.63, 3.8) is 0 Å². The summed E-state index contributed by atoms with van der Waals surface area (Å²) in [5.41, 5.74) is 1.33. The van der Waals surface area contributed by atoms with Crippen LogP contribution >= 0.6 is 27.5 Å². The number of benzene rings is 1. The van der Waals surface area contributed by atoms with E-state index in [0.29, 0.717) is 12.2 Å². The molecule has 0 aliphatic rings. The van der Waals surface area contributed by atoms with E-state index in [1.54, 1.807) is 6.07 Å². The van der Waals surface area contributed by atoms with Crippen LogP contribution in [0.2, 0.25) is 5.02 Å². The predicted molar refractivity (Wildman–Crippen MR) is 77.4 cm³/mol. The summed E-state index contributed by atoms with van der Waals surface area (Å²) < 4.78 is 0.744. The maximum atomic E-state index is 10.8. The molecule has 0 unspecified atom stereocenters. The topological polar surface area (TPSA) is 68.1 Å². The second kappa shape index (κ2) is 5.99. The fraction of sp³-hybridized carbons (Fsp3) is 0.0833. The van der Waals surface area contributed by atoms with Crippen LogP contribution in [-0.4, -0.2) is 9.91 Å². The summed E-state index contributed by atoms with van der Waals surface area (Å²) in [5.74, 6) is 0. The third kappa shape index (κ3) is 3.65. The van der Waals surface area contributed by atoms with Crippen LogP contribution in [0, 0.1) is 10.1 Å². The van der Waals surface area contributed by atoms with Gasteiger partial charge in [-0.2, -0.15) is 0 Å². The molecule has 0 aliphatic carbocycles. The van der Waals surface area contributed by atoms with Crippen LogP contribution < -0.4 is 5.32 Å². The number of halogens is 2. The lowest BCUT2D eigenvalue weighted by molar-refractivity contribution is -0.384. The molecule has 1 aromatic heterocycles. The number of nitro benzene ring substituents is 1. The van der Waals surface area contributed by atoms with E-state index in [1.807, 2.05) is 18.2 Å². The number of nitrogens with zero attached hydrogens (tertiary/aromatic N) is 2. The van der Waals surface area contributed by atoms with Gasteiger partial charge in [-0.15, -0.1) is 0 Å². The van der Waals surface area contributed by atoms with Gasteiger partial charge in [0.1, 0.15) is 9.63 Å². The normalized spacial score (nSPS) is 10.2. The SMILES string of the molecule is O=[N+]([O-])c1cc(NCc2cccc(Br)n2)ccc1Cl. The molecule has 0 saturated heterocycles. The second-order valence-corrected chi connectivity index (χ2v) is 4.95. The Balaban J connectivity index is 2.12. The molecule has 19 heavy (non-hydrogen) atoms. The largest absolute Gasteiger partial charge is 0.379 e. The summed E-state index contributed by atoms with van der Waals surface area (Å²) in [6, 6.07) is 10.2. The Morgan fingerprint density at radius 2 is 2.16 bits per heavy atom. The van der Waals surface area contributed by atoms with Crippen molar-refractivity contribution in [2.75, 3.05) is 5.32 Å². The van der Waals surface area contributed by atoms with Gasteiger partial charge in [-0.05, 0) is 40.2 Å². The van der Waals surface area contributed by atoms with Gasteiger partial charge in [0, 0.05) is 11.8 Å². The lowest BCUT2D eigenvalue weighted by atomic mass is 10.2. The van der Waals surface area contributed by atoms with Gasteiger partial charge in [0.2, 0.25) is 0 Å². The highest BCUT2D eigenvalue weighted by Crippen LogP contribution is 2.27. The quantitative estimate of drug-likeness (QED) is 0.518. The minimum atomic E-state index is -0.509. The minimum absolute atomic E-state index is 0.117. The van der Waals surface area contributed by atoms with Crippen molar-refractivity contribution in [2.45, 2.75) is 6.54 Å². The summed E-state index contributed by atoms with van der Waals surface area (Å²) in [5, 5.41) is 14.0. The molecule has 0 radical (unpaired) electrons. The van der Waals surface area contributed by atoms with E-state index in [0.717, 1.165) is 10.3 Å². The lowest BCUT2D eigenvalue weighted by Crippen LogP contribution is -2.02. The fourth-order valence-corrected chi connectivity index (χ4v) is 2.07. The summed E-state index contributed by atoms with van der Waals surface area (Å²) >= 11 is 9.02. The van der Waals surface area contributed by atoms with E-state index in [4.69, 9.17) is 11.6 Å². The number of aromatic nitrogens is 1. The average molecular weight is 343 g/mol. The van der Waals surface area contributed by atoms with E-state index in [-0.39, 0.29) is 10.7 Å². The van der Waals surface area contributed by atoms with E-state index >= 15 is 0 Å². The molecule has 0 amide bonds. The third-order valence-electron chi connectivity index (χ3n) is 2.39. The first-order valence-corrected chi connectivity index (χ1v) is 6.52. The van der Waals surface area contributed by atoms with Crippen molar-refractivity contribution in [1.29, 1.82) is 0 Å². The van der Waals surface area contributed by atoms with Gasteiger partial charge in [-0.25, -0.2) is 4.98 Å². The zero-order valence-electron chi connectivity index (χ0n) is 9.64. The molecule has 0 fully saturated rings. The molecule has 2 rings (SSSR count). The van der Waals surface area contributed by atoms with Gasteiger partial charge in [-0.3, -0.25) is 10.1 Å². The van der Waals surface area contributed by atoms with E-state index in [1.165, 1.54) is 12.1 Å². The van der Waals surface area contributed by atoms with Gasteiger partial charge in [0.05, 0.1) is 17.2 Å². The monoisotopic (exact) mass is 341 g/mol. The first-order chi connectivity index (χ1) is 9.06. The number of anilines is 1. The molecule has 5 nitrogen and oxygen atoms in total. The molecule has 98 valence electrons. The van der Waals surface area contributed by atoms with Gasteiger partial charge >= 0.3 is 0 Å². The Labute approximate surface area is 122 Å². The van der Waals surface area contributed by atoms with Crippen LogP contribution in [0.15, 0.2) is 41.0 Å². The molecular weight excluding hydrogens is 334 g/mol. The van der Waals surface area contributed by atoms with Crippen LogP contribution in [0.4, 0.5) is 11.4 Å². The van der Waals surface area contributed by atoms with Crippen LogP contribution in [0.1, 0.15) is 5.69 Å². The molecular formula is C12H9BrClN3O2. The van der Waals surface area contributed by atoms with Crippen molar-refractivity contribution in [2.24, 2.45) is 0 Å². The van der Waals surface area contributed by atoms with Gasteiger partial charge in [-0.1, -0.05) is 17.7 Å². The van der Waals surface area contributed by atoms with Crippen molar-refractivity contribution < 1.29 is 4.92 Å². The summed E-state index contributed by atoms with van der Waals surface area (Å²) in [4.78, 5) is 14.5. The Bertz CT molecular complexity index is 622. The Kier molecular flexibility index (Phi) is 4.34. The van der Waals surface area contributed by atoms with Crippen LogP contribution in [-0.2, 0) is 6.54 Å². The fourth-order valence-electron chi connectivity index (χ4n) is 1.50. The summed E-state index contributed by atoms with van der Waals surface area (Å²) in [6.45, 7) is 0.470. The Morgan fingerprint density at radius 3 is 2.84 bits per heavy atom. The van der Waals surface area contributed by atoms with Gasteiger partial charge < -0.3 is 5.32 Å². The number of nitro groups is 1. The third-order valence-corrected chi connectivity index (χ3v) is 3.15. The van der Waals surface area contributed by atoms with Gasteiger partial charge in [0.25, 0.3) is 5.69 Å². The number of hydrogen-bond acceptors (Lipinski definition) is 4. The highest BCUT2D eigenvalue weighted by molar-refractivity contribution is 9.10. The van der Waals surface area contributed by atoms with E-state index in [2.05, 4.69) is 26.2 Å². The number of rotatable bonds is 4. The molecule has 0 aliphatic heterocycles. The first-order valence-electron chi connectivity index (χ1n) is 5.35. The Morgan fingerprint density at radius 1 is 1.37 bits per heavy atom. The highest BCUT2D eigenvalue weighted by atomic mass is 79.9. The van der Waals surface area contributed by atoms with Crippen molar-refractivity contribution in [3.05, 3.63) is 61.8 Å². The molecule has 7 heteroatoms. The van der Waals surface area contributed by atoms with Crippen LogP contribution in [0.5, 0.6) is 0 Å². The zero-order chi connectivity index (χ0) is 13.8. The number of nitrogens with one attached hydrogen (secondary N) is 1. The molecule has 0 spiro atoms. The molecule has 1 heterocycles. The second-order valence-electron chi connectivity index (χ2n) is 3.73. The summed E-state index contributed by atoms with van der Waals surface area (Å²) in [7, 11) is 0. The van der Waals surface area contributed by atoms with Crippen LogP contribution in [0.25, 0.3) is 0 Å². The minimum Gasteiger partial charge on any atom is -0.379 e. The molecule has 0 atom stereocenters. The van der Waals surface area contributed by atoms with Crippen molar-refractivity contribution in [1.82, 2.24) is 4.98 Å². The molecule has 0 bridgehead atoms. The first kappa shape index (κ1) is 13.8. The maximum absolute atomic E-state index is 10.8. The molecule has 1 N–H and O–H groups in total.